The Balaban J connectivity index is 2.64. The summed E-state index contributed by atoms with van der Waals surface area (Å²) in [6.45, 7) is 0. The Morgan fingerprint density at radius 2 is 2.06 bits per heavy atom. The van der Waals surface area contributed by atoms with Crippen LogP contribution in [-0.2, 0) is 9.59 Å². The molecule has 83 valence electrons. The van der Waals surface area contributed by atoms with Gasteiger partial charge in [0.05, 0.1) is 10.2 Å². The molecule has 6 nitrogen and oxygen atoms in total. The van der Waals surface area contributed by atoms with Gasteiger partial charge in [-0.05, 0) is 37.9 Å². The number of benzene rings is 1. The van der Waals surface area contributed by atoms with Crippen molar-refractivity contribution in [2.45, 2.75) is 0 Å². The second kappa shape index (κ2) is 4.04. The Morgan fingerprint density at radius 1 is 1.38 bits per heavy atom. The van der Waals surface area contributed by atoms with Crippen LogP contribution < -0.4 is 16.1 Å². The SMILES string of the molecule is O=C1[N]c2c(cc(Br)c(Br)c2NO)NC1=O. The van der Waals surface area contributed by atoms with Crippen molar-refractivity contribution in [3.8, 4) is 0 Å². The molecule has 16 heavy (non-hydrogen) atoms. The molecule has 0 unspecified atom stereocenters. The lowest BCUT2D eigenvalue weighted by molar-refractivity contribution is -0.135. The molecule has 0 spiro atoms. The van der Waals surface area contributed by atoms with Gasteiger partial charge < -0.3 is 5.32 Å². The van der Waals surface area contributed by atoms with Gasteiger partial charge in [-0.1, -0.05) is 0 Å². The fourth-order valence-electron chi connectivity index (χ4n) is 1.26. The minimum atomic E-state index is -0.904. The summed E-state index contributed by atoms with van der Waals surface area (Å²) in [4.78, 5) is 22.2. The van der Waals surface area contributed by atoms with Crippen molar-refractivity contribution in [2.24, 2.45) is 0 Å². The highest BCUT2D eigenvalue weighted by molar-refractivity contribution is 9.13. The molecular formula is C8H4Br2N3O3. The summed E-state index contributed by atoms with van der Waals surface area (Å²) >= 11 is 6.43. The van der Waals surface area contributed by atoms with Gasteiger partial charge in [0.1, 0.15) is 11.4 Å². The number of fused-ring (bicyclic) bond motifs is 1. The molecule has 3 N–H and O–H groups in total. The average Bonchev–Trinajstić information content (AvgIpc) is 2.24. The van der Waals surface area contributed by atoms with Crippen LogP contribution in [0.1, 0.15) is 0 Å². The summed E-state index contributed by atoms with van der Waals surface area (Å²) < 4.78 is 1.11. The molecule has 0 atom stereocenters. The maximum atomic E-state index is 11.1. The molecule has 1 aliphatic heterocycles. The lowest BCUT2D eigenvalue weighted by atomic mass is 10.2. The van der Waals surface area contributed by atoms with Crippen molar-refractivity contribution >= 4 is 60.7 Å². The van der Waals surface area contributed by atoms with Crippen molar-refractivity contribution < 1.29 is 14.8 Å². The number of halogens is 2. The summed E-state index contributed by atoms with van der Waals surface area (Å²) in [7, 11) is 0. The van der Waals surface area contributed by atoms with E-state index in [4.69, 9.17) is 5.21 Å². The van der Waals surface area contributed by atoms with Gasteiger partial charge in [-0.3, -0.25) is 20.3 Å². The van der Waals surface area contributed by atoms with E-state index < -0.39 is 11.8 Å². The summed E-state index contributed by atoms with van der Waals surface area (Å²) in [5.41, 5.74) is 2.66. The Morgan fingerprint density at radius 3 is 2.69 bits per heavy atom. The molecule has 1 aromatic carbocycles. The fraction of sp³-hybridized carbons (Fsp3) is 0. The van der Waals surface area contributed by atoms with E-state index in [9.17, 15) is 9.59 Å². The average molecular weight is 350 g/mol. The predicted octanol–water partition coefficient (Wildman–Crippen LogP) is 1.73. The number of carbonyl (C=O) groups is 2. The molecule has 0 aliphatic carbocycles. The van der Waals surface area contributed by atoms with Crippen LogP contribution >= 0.6 is 31.9 Å². The number of carbonyl (C=O) groups excluding carboxylic acids is 2. The van der Waals surface area contributed by atoms with Gasteiger partial charge in [0.15, 0.2) is 0 Å². The maximum Gasteiger partial charge on any atom is 0.336 e. The normalized spacial score (nSPS) is 13.9. The number of hydrogen-bond donors (Lipinski definition) is 3. The third-order valence-electron chi connectivity index (χ3n) is 1.96. The number of nitrogens with one attached hydrogen (secondary N) is 2. The first-order valence-corrected chi connectivity index (χ1v) is 5.62. The first-order chi connectivity index (χ1) is 7.54. The highest BCUT2D eigenvalue weighted by atomic mass is 79.9. The molecule has 1 radical (unpaired) electrons. The maximum absolute atomic E-state index is 11.1. The van der Waals surface area contributed by atoms with Crippen molar-refractivity contribution in [3.05, 3.63) is 15.0 Å². The molecular weight excluding hydrogens is 346 g/mol. The number of hydrogen-bond acceptors (Lipinski definition) is 4. The number of anilines is 2. The van der Waals surface area contributed by atoms with Crippen molar-refractivity contribution in [1.82, 2.24) is 5.32 Å². The van der Waals surface area contributed by atoms with E-state index in [1.807, 2.05) is 5.48 Å². The Hall–Kier alpha value is -1.12. The molecule has 0 fully saturated rings. The van der Waals surface area contributed by atoms with Crippen LogP contribution in [0.3, 0.4) is 0 Å². The lowest BCUT2D eigenvalue weighted by Crippen LogP contribution is -2.33. The number of rotatable bonds is 1. The Bertz CT molecular complexity index is 504. The van der Waals surface area contributed by atoms with Crippen LogP contribution in [0, 0.1) is 0 Å². The topological polar surface area (TPSA) is 92.5 Å². The predicted molar refractivity (Wildman–Crippen MR) is 62.7 cm³/mol. The van der Waals surface area contributed by atoms with Crippen LogP contribution in [0.4, 0.5) is 17.1 Å². The summed E-state index contributed by atoms with van der Waals surface area (Å²) in [6.07, 6.45) is 0. The van der Waals surface area contributed by atoms with E-state index >= 15 is 0 Å². The van der Waals surface area contributed by atoms with Crippen LogP contribution in [-0.4, -0.2) is 17.0 Å². The number of nitrogens with zero attached hydrogens (tertiary/aromatic N) is 1. The first kappa shape index (κ1) is 11.4. The zero-order valence-corrected chi connectivity index (χ0v) is 10.7. The molecule has 0 aromatic heterocycles. The van der Waals surface area contributed by atoms with Crippen molar-refractivity contribution in [3.63, 3.8) is 0 Å². The molecule has 8 heteroatoms. The van der Waals surface area contributed by atoms with Gasteiger partial charge in [0.2, 0.25) is 0 Å². The van der Waals surface area contributed by atoms with Gasteiger partial charge in [-0.25, -0.2) is 5.32 Å². The third kappa shape index (κ3) is 1.68. The fourth-order valence-corrected chi connectivity index (χ4v) is 2.08. The minimum Gasteiger partial charge on any atom is -0.316 e. The largest absolute Gasteiger partial charge is 0.336 e. The quantitative estimate of drug-likeness (QED) is 0.531. The van der Waals surface area contributed by atoms with E-state index in [0.717, 1.165) is 0 Å². The van der Waals surface area contributed by atoms with Gasteiger partial charge in [0.25, 0.3) is 0 Å². The van der Waals surface area contributed by atoms with Gasteiger partial charge in [-0.15, -0.1) is 0 Å². The van der Waals surface area contributed by atoms with E-state index in [2.05, 4.69) is 42.5 Å². The molecule has 1 heterocycles. The minimum absolute atomic E-state index is 0.183. The van der Waals surface area contributed by atoms with Crippen LogP contribution in [0.5, 0.6) is 0 Å². The molecule has 0 saturated heterocycles. The third-order valence-corrected chi connectivity index (χ3v) is 3.94. The highest BCUT2D eigenvalue weighted by Gasteiger charge is 2.28. The molecule has 1 aliphatic rings. The summed E-state index contributed by atoms with van der Waals surface area (Å²) in [6, 6.07) is 1.58. The van der Waals surface area contributed by atoms with E-state index in [0.29, 0.717) is 14.6 Å². The van der Waals surface area contributed by atoms with Crippen molar-refractivity contribution in [1.29, 1.82) is 0 Å². The molecule has 0 bridgehead atoms. The standard InChI is InChI=1S/C8H4Br2N3O3/c9-2-1-3-5(6(13-16)4(2)10)12-8(15)7(14)11-3/h1,13,16H,(H,11,14). The van der Waals surface area contributed by atoms with E-state index in [1.165, 1.54) is 0 Å². The smallest absolute Gasteiger partial charge is 0.316 e. The molecule has 0 saturated carbocycles. The van der Waals surface area contributed by atoms with Crippen LogP contribution in [0.15, 0.2) is 15.0 Å². The lowest BCUT2D eigenvalue weighted by Gasteiger charge is -2.19. The van der Waals surface area contributed by atoms with Gasteiger partial charge in [0, 0.05) is 4.47 Å². The molecule has 1 aromatic rings. The van der Waals surface area contributed by atoms with Gasteiger partial charge >= 0.3 is 11.8 Å². The van der Waals surface area contributed by atoms with E-state index in [1.54, 1.807) is 6.07 Å². The monoisotopic (exact) mass is 348 g/mol. The highest BCUT2D eigenvalue weighted by Crippen LogP contribution is 2.43. The molecule has 2 amide bonds. The second-order valence-corrected chi connectivity index (χ2v) is 4.57. The molecule has 2 rings (SSSR count). The van der Waals surface area contributed by atoms with Crippen LogP contribution in [0.25, 0.3) is 0 Å². The van der Waals surface area contributed by atoms with E-state index in [-0.39, 0.29) is 11.4 Å². The zero-order chi connectivity index (χ0) is 11.9. The van der Waals surface area contributed by atoms with Gasteiger partial charge in [-0.2, -0.15) is 0 Å². The number of amides is 2. The summed E-state index contributed by atoms with van der Waals surface area (Å²) in [5, 5.41) is 14.9. The summed E-state index contributed by atoms with van der Waals surface area (Å²) in [5.74, 6) is -1.70. The Labute approximate surface area is 107 Å². The zero-order valence-electron chi connectivity index (χ0n) is 7.54. The van der Waals surface area contributed by atoms with Crippen LogP contribution in [0.2, 0.25) is 0 Å². The Kier molecular flexibility index (Phi) is 2.87. The second-order valence-electron chi connectivity index (χ2n) is 2.93. The van der Waals surface area contributed by atoms with Crippen molar-refractivity contribution in [2.75, 3.05) is 10.8 Å². The first-order valence-electron chi connectivity index (χ1n) is 4.03.